The van der Waals surface area contributed by atoms with Crippen LogP contribution in [0.5, 0.6) is 0 Å². The van der Waals surface area contributed by atoms with Gasteiger partial charge in [0, 0.05) is 6.61 Å². The molecule has 2 rings (SSSR count). The summed E-state index contributed by atoms with van der Waals surface area (Å²) in [6, 6.07) is 0.207. The van der Waals surface area contributed by atoms with Gasteiger partial charge in [-0.3, -0.25) is 0 Å². The Morgan fingerprint density at radius 2 is 1.95 bits per heavy atom. The van der Waals surface area contributed by atoms with E-state index in [4.69, 9.17) is 9.47 Å². The Hall–Kier alpha value is -0.540. The summed E-state index contributed by atoms with van der Waals surface area (Å²) in [6.07, 6.45) is 9.22. The minimum atomic E-state index is -0.0938. The molecule has 1 aliphatic carbocycles. The Kier molecular flexibility index (Phi) is 5.73. The molecule has 0 aromatic heterocycles. The van der Waals surface area contributed by atoms with E-state index < -0.39 is 0 Å². The third kappa shape index (κ3) is 4.01. The second kappa shape index (κ2) is 7.15. The first-order valence-electron chi connectivity index (χ1n) is 8.73. The molecular formula is C18H33NO2. The minimum Gasteiger partial charge on any atom is -0.496 e. The maximum absolute atomic E-state index is 6.35. The SMILES string of the molecule is CCNC(C1=CCCCO1)C1(OCC)CCC(C)(C)CC1. The van der Waals surface area contributed by atoms with E-state index in [-0.39, 0.29) is 11.6 Å². The zero-order chi connectivity index (χ0) is 15.3. The summed E-state index contributed by atoms with van der Waals surface area (Å²) in [5, 5.41) is 3.66. The number of hydrogen-bond acceptors (Lipinski definition) is 3. The highest BCUT2D eigenvalue weighted by Gasteiger charge is 2.46. The molecule has 1 N–H and O–H groups in total. The third-order valence-electron chi connectivity index (χ3n) is 5.06. The highest BCUT2D eigenvalue weighted by Crippen LogP contribution is 2.45. The van der Waals surface area contributed by atoms with E-state index in [9.17, 15) is 0 Å². The van der Waals surface area contributed by atoms with Crippen molar-refractivity contribution in [3.8, 4) is 0 Å². The smallest absolute Gasteiger partial charge is 0.112 e. The molecule has 2 aliphatic rings. The van der Waals surface area contributed by atoms with Crippen molar-refractivity contribution < 1.29 is 9.47 Å². The lowest BCUT2D eigenvalue weighted by molar-refractivity contribution is -0.108. The molecule has 21 heavy (non-hydrogen) atoms. The van der Waals surface area contributed by atoms with Crippen molar-refractivity contribution >= 4 is 0 Å². The van der Waals surface area contributed by atoms with E-state index in [0.29, 0.717) is 5.41 Å². The first-order chi connectivity index (χ1) is 10.0. The molecule has 1 saturated carbocycles. The Bertz CT molecular complexity index is 352. The molecule has 1 unspecified atom stereocenters. The molecule has 1 fully saturated rings. The Balaban J connectivity index is 2.22. The van der Waals surface area contributed by atoms with Gasteiger partial charge >= 0.3 is 0 Å². The normalized spacial score (nSPS) is 25.8. The summed E-state index contributed by atoms with van der Waals surface area (Å²) in [5.41, 5.74) is 0.350. The lowest BCUT2D eigenvalue weighted by atomic mass is 9.68. The van der Waals surface area contributed by atoms with Crippen LogP contribution in [0.3, 0.4) is 0 Å². The van der Waals surface area contributed by atoms with E-state index in [1.54, 1.807) is 0 Å². The van der Waals surface area contributed by atoms with Gasteiger partial charge < -0.3 is 14.8 Å². The molecule has 3 nitrogen and oxygen atoms in total. The van der Waals surface area contributed by atoms with Gasteiger partial charge in [-0.2, -0.15) is 0 Å². The predicted octanol–water partition coefficient (Wildman–Crippen LogP) is 4.03. The van der Waals surface area contributed by atoms with Crippen molar-refractivity contribution in [2.45, 2.75) is 77.9 Å². The second-order valence-corrected chi connectivity index (χ2v) is 7.25. The fourth-order valence-electron chi connectivity index (χ4n) is 3.68. The van der Waals surface area contributed by atoms with Gasteiger partial charge in [0.25, 0.3) is 0 Å². The summed E-state index contributed by atoms with van der Waals surface area (Å²) in [4.78, 5) is 0. The molecular weight excluding hydrogens is 262 g/mol. The molecule has 0 amide bonds. The summed E-state index contributed by atoms with van der Waals surface area (Å²) >= 11 is 0. The molecule has 0 spiro atoms. The number of rotatable bonds is 6. The maximum atomic E-state index is 6.35. The largest absolute Gasteiger partial charge is 0.496 e. The van der Waals surface area contributed by atoms with Crippen molar-refractivity contribution in [2.24, 2.45) is 5.41 Å². The van der Waals surface area contributed by atoms with Gasteiger partial charge in [0.2, 0.25) is 0 Å². The fourth-order valence-corrected chi connectivity index (χ4v) is 3.68. The Morgan fingerprint density at radius 1 is 1.24 bits per heavy atom. The Morgan fingerprint density at radius 3 is 2.48 bits per heavy atom. The van der Waals surface area contributed by atoms with Crippen LogP contribution in [0.15, 0.2) is 11.8 Å². The van der Waals surface area contributed by atoms with Crippen LogP contribution in [-0.2, 0) is 9.47 Å². The average molecular weight is 295 g/mol. The maximum Gasteiger partial charge on any atom is 0.112 e. The summed E-state index contributed by atoms with van der Waals surface area (Å²) in [5.74, 6) is 1.12. The Labute approximate surface area is 130 Å². The highest BCUT2D eigenvalue weighted by molar-refractivity contribution is 5.15. The van der Waals surface area contributed by atoms with Crippen molar-refractivity contribution in [2.75, 3.05) is 19.8 Å². The van der Waals surface area contributed by atoms with Crippen LogP contribution in [0.2, 0.25) is 0 Å². The fraction of sp³-hybridized carbons (Fsp3) is 0.889. The minimum absolute atomic E-state index is 0.0938. The van der Waals surface area contributed by atoms with Crippen molar-refractivity contribution in [1.82, 2.24) is 5.32 Å². The molecule has 0 aromatic carbocycles. The first kappa shape index (κ1) is 16.8. The summed E-state index contributed by atoms with van der Waals surface area (Å²) in [6.45, 7) is 11.6. The van der Waals surface area contributed by atoms with Gasteiger partial charge in [-0.1, -0.05) is 20.8 Å². The predicted molar refractivity (Wildman–Crippen MR) is 87.3 cm³/mol. The number of hydrogen-bond donors (Lipinski definition) is 1. The van der Waals surface area contributed by atoms with Crippen LogP contribution in [0, 0.1) is 5.41 Å². The lowest BCUT2D eigenvalue weighted by Gasteiger charge is -2.48. The highest BCUT2D eigenvalue weighted by atomic mass is 16.5. The van der Waals surface area contributed by atoms with Crippen LogP contribution in [0.4, 0.5) is 0 Å². The molecule has 122 valence electrons. The van der Waals surface area contributed by atoms with Gasteiger partial charge in [0.15, 0.2) is 0 Å². The van der Waals surface area contributed by atoms with Crippen LogP contribution >= 0.6 is 0 Å². The molecule has 0 bridgehead atoms. The van der Waals surface area contributed by atoms with Crippen LogP contribution in [0.1, 0.15) is 66.2 Å². The topological polar surface area (TPSA) is 30.5 Å². The summed E-state index contributed by atoms with van der Waals surface area (Å²) in [7, 11) is 0. The third-order valence-corrected chi connectivity index (χ3v) is 5.06. The molecule has 0 aromatic rings. The molecule has 1 aliphatic heterocycles. The zero-order valence-corrected chi connectivity index (χ0v) is 14.3. The van der Waals surface area contributed by atoms with E-state index in [1.807, 2.05) is 0 Å². The molecule has 1 atom stereocenters. The molecule has 1 heterocycles. The van der Waals surface area contributed by atoms with E-state index in [1.165, 1.54) is 12.8 Å². The van der Waals surface area contributed by atoms with E-state index >= 15 is 0 Å². The van der Waals surface area contributed by atoms with E-state index in [0.717, 1.165) is 51.2 Å². The summed E-state index contributed by atoms with van der Waals surface area (Å²) < 4.78 is 12.3. The monoisotopic (exact) mass is 295 g/mol. The van der Waals surface area contributed by atoms with Crippen molar-refractivity contribution in [3.63, 3.8) is 0 Å². The number of nitrogens with one attached hydrogen (secondary N) is 1. The zero-order valence-electron chi connectivity index (χ0n) is 14.3. The number of likely N-dealkylation sites (N-methyl/N-ethyl adjacent to an activating group) is 1. The lowest BCUT2D eigenvalue weighted by Crippen LogP contribution is -2.56. The van der Waals surface area contributed by atoms with E-state index in [2.05, 4.69) is 39.1 Å². The van der Waals surface area contributed by atoms with Crippen LogP contribution in [-0.4, -0.2) is 31.4 Å². The molecule has 3 heteroatoms. The van der Waals surface area contributed by atoms with Gasteiger partial charge in [-0.25, -0.2) is 0 Å². The van der Waals surface area contributed by atoms with Crippen molar-refractivity contribution in [1.29, 1.82) is 0 Å². The van der Waals surface area contributed by atoms with Gasteiger partial charge in [-0.05, 0) is 63.5 Å². The quantitative estimate of drug-likeness (QED) is 0.802. The van der Waals surface area contributed by atoms with Crippen molar-refractivity contribution in [3.05, 3.63) is 11.8 Å². The average Bonchev–Trinajstić information content (AvgIpc) is 2.49. The van der Waals surface area contributed by atoms with Gasteiger partial charge in [0.05, 0.1) is 18.2 Å². The molecule has 0 radical (unpaired) electrons. The second-order valence-electron chi connectivity index (χ2n) is 7.25. The number of ether oxygens (including phenoxy) is 2. The molecule has 0 saturated heterocycles. The first-order valence-corrected chi connectivity index (χ1v) is 8.73. The van der Waals surface area contributed by atoms with Crippen LogP contribution in [0.25, 0.3) is 0 Å². The van der Waals surface area contributed by atoms with Gasteiger partial charge in [-0.15, -0.1) is 0 Å². The van der Waals surface area contributed by atoms with Crippen LogP contribution < -0.4 is 5.32 Å². The number of allylic oxidation sites excluding steroid dienone is 1. The standard InChI is InChI=1S/C18H33NO2/c1-5-19-16(15-9-7-8-14-20-15)18(21-6-2)12-10-17(3,4)11-13-18/h9,16,19H,5-8,10-14H2,1-4H3. The van der Waals surface area contributed by atoms with Gasteiger partial charge in [0.1, 0.15) is 5.76 Å².